The molecule has 4 aromatic rings. The summed E-state index contributed by atoms with van der Waals surface area (Å²) in [7, 11) is 3.55. The van der Waals surface area contributed by atoms with Gasteiger partial charge in [0.15, 0.2) is 11.5 Å². The summed E-state index contributed by atoms with van der Waals surface area (Å²) < 4.78 is 7.45. The van der Waals surface area contributed by atoms with E-state index in [0.717, 1.165) is 16.5 Å². The normalized spacial score (nSPS) is 10.7. The SMILES string of the molecule is COc1cc2cn(C)cc2cc1Nc1nnc(C(N)=O)c(Nc2ccccc2)n1. The Bertz CT molecular complexity index is 1190. The summed E-state index contributed by atoms with van der Waals surface area (Å²) in [6, 6.07) is 13.1. The minimum atomic E-state index is -0.724. The second-order valence-electron chi connectivity index (χ2n) is 6.42. The Balaban J connectivity index is 1.71. The van der Waals surface area contributed by atoms with Crippen molar-refractivity contribution in [1.29, 1.82) is 0 Å². The molecule has 0 fully saturated rings. The van der Waals surface area contributed by atoms with E-state index < -0.39 is 5.91 Å². The Morgan fingerprint density at radius 3 is 2.48 bits per heavy atom. The molecule has 0 atom stereocenters. The Labute approximate surface area is 166 Å². The highest BCUT2D eigenvalue weighted by Crippen LogP contribution is 2.32. The van der Waals surface area contributed by atoms with E-state index in [1.54, 1.807) is 7.11 Å². The third-order valence-electron chi connectivity index (χ3n) is 4.29. The van der Waals surface area contributed by atoms with Crippen molar-refractivity contribution in [3.63, 3.8) is 0 Å². The summed E-state index contributed by atoms with van der Waals surface area (Å²) in [4.78, 5) is 16.1. The maximum atomic E-state index is 11.7. The number of aromatic nitrogens is 4. The van der Waals surface area contributed by atoms with E-state index >= 15 is 0 Å². The third-order valence-corrected chi connectivity index (χ3v) is 4.29. The fourth-order valence-corrected chi connectivity index (χ4v) is 2.99. The lowest BCUT2D eigenvalue weighted by Crippen LogP contribution is -2.18. The zero-order chi connectivity index (χ0) is 20.4. The number of methoxy groups -OCH3 is 1. The van der Waals surface area contributed by atoms with Crippen molar-refractivity contribution in [3.05, 3.63) is 60.6 Å². The molecular weight excluding hydrogens is 370 g/mol. The van der Waals surface area contributed by atoms with Gasteiger partial charge in [0, 0.05) is 35.9 Å². The van der Waals surface area contributed by atoms with Gasteiger partial charge in [-0.3, -0.25) is 4.79 Å². The fraction of sp³-hybridized carbons (Fsp3) is 0.100. The van der Waals surface area contributed by atoms with Gasteiger partial charge in [-0.25, -0.2) is 0 Å². The maximum absolute atomic E-state index is 11.7. The van der Waals surface area contributed by atoms with E-state index in [0.29, 0.717) is 11.4 Å². The summed E-state index contributed by atoms with van der Waals surface area (Å²) in [6.45, 7) is 0. The first kappa shape index (κ1) is 18.2. The number of rotatable bonds is 6. The largest absolute Gasteiger partial charge is 0.495 e. The number of aryl methyl sites for hydroxylation is 1. The molecule has 4 N–H and O–H groups in total. The molecule has 0 spiro atoms. The standard InChI is InChI=1S/C20H19N7O2/c1-27-10-12-8-15(16(29-2)9-13(12)11-27)23-20-24-19(17(18(21)28)25-26-20)22-14-6-4-3-5-7-14/h3-11H,1-2H3,(H2,21,28)(H2,22,23,24,26). The van der Waals surface area contributed by atoms with E-state index in [2.05, 4.69) is 25.8 Å². The Kier molecular flexibility index (Phi) is 4.70. The zero-order valence-electron chi connectivity index (χ0n) is 15.9. The van der Waals surface area contributed by atoms with Gasteiger partial charge < -0.3 is 25.7 Å². The van der Waals surface area contributed by atoms with Gasteiger partial charge in [-0.15, -0.1) is 10.2 Å². The molecule has 0 aliphatic rings. The topological polar surface area (TPSA) is 120 Å². The number of benzene rings is 2. The Hall–Kier alpha value is -4.14. The van der Waals surface area contributed by atoms with E-state index in [-0.39, 0.29) is 17.5 Å². The smallest absolute Gasteiger partial charge is 0.273 e. The number of nitrogens with two attached hydrogens (primary N) is 1. The van der Waals surface area contributed by atoms with Crippen LogP contribution >= 0.6 is 0 Å². The van der Waals surface area contributed by atoms with Crippen LogP contribution in [-0.4, -0.2) is 32.8 Å². The number of nitrogens with one attached hydrogen (secondary N) is 2. The molecule has 146 valence electrons. The van der Waals surface area contributed by atoms with Gasteiger partial charge in [0.05, 0.1) is 12.8 Å². The summed E-state index contributed by atoms with van der Waals surface area (Å²) in [5.41, 5.74) is 6.78. The number of hydrogen-bond donors (Lipinski definition) is 3. The van der Waals surface area contributed by atoms with Gasteiger partial charge in [0.2, 0.25) is 5.95 Å². The molecule has 0 saturated heterocycles. The van der Waals surface area contributed by atoms with Gasteiger partial charge in [-0.05, 0) is 24.3 Å². The predicted octanol–water partition coefficient (Wildman–Crippen LogP) is 2.96. The minimum absolute atomic E-state index is 0.0510. The van der Waals surface area contributed by atoms with Gasteiger partial charge in [-0.1, -0.05) is 18.2 Å². The summed E-state index contributed by atoms with van der Waals surface area (Å²) >= 11 is 0. The van der Waals surface area contributed by atoms with Crippen LogP contribution in [-0.2, 0) is 7.05 Å². The van der Waals surface area contributed by atoms with Crippen LogP contribution < -0.4 is 21.1 Å². The quantitative estimate of drug-likeness (QED) is 0.464. The number of anilines is 4. The van der Waals surface area contributed by atoms with Crippen molar-refractivity contribution in [2.45, 2.75) is 0 Å². The first-order valence-corrected chi connectivity index (χ1v) is 8.81. The van der Waals surface area contributed by atoms with Crippen molar-refractivity contribution < 1.29 is 9.53 Å². The summed E-state index contributed by atoms with van der Waals surface area (Å²) in [5, 5.41) is 16.2. The number of ether oxygens (including phenoxy) is 1. The van der Waals surface area contributed by atoms with Gasteiger partial charge in [0.1, 0.15) is 5.75 Å². The molecule has 9 heteroatoms. The Morgan fingerprint density at radius 2 is 1.79 bits per heavy atom. The van der Waals surface area contributed by atoms with Gasteiger partial charge in [0.25, 0.3) is 5.91 Å². The van der Waals surface area contributed by atoms with Gasteiger partial charge >= 0.3 is 0 Å². The molecule has 9 nitrogen and oxygen atoms in total. The molecule has 0 aliphatic carbocycles. The molecule has 0 unspecified atom stereocenters. The highest BCUT2D eigenvalue weighted by molar-refractivity contribution is 5.96. The molecule has 1 amide bonds. The van der Waals surface area contributed by atoms with E-state index in [9.17, 15) is 4.79 Å². The van der Waals surface area contributed by atoms with E-state index in [4.69, 9.17) is 10.5 Å². The number of hydrogen-bond acceptors (Lipinski definition) is 7. The number of carbonyl (C=O) groups excluding carboxylic acids is 1. The molecule has 2 aromatic carbocycles. The van der Waals surface area contributed by atoms with Crippen LogP contribution in [0.15, 0.2) is 54.9 Å². The molecular formula is C20H19N7O2. The fourth-order valence-electron chi connectivity index (χ4n) is 2.99. The third kappa shape index (κ3) is 3.79. The van der Waals surface area contributed by atoms with Crippen LogP contribution in [0.5, 0.6) is 5.75 Å². The van der Waals surface area contributed by atoms with Crippen molar-refractivity contribution in [3.8, 4) is 5.75 Å². The van der Waals surface area contributed by atoms with Crippen LogP contribution in [0.1, 0.15) is 10.5 Å². The second-order valence-corrected chi connectivity index (χ2v) is 6.42. The monoisotopic (exact) mass is 389 g/mol. The molecule has 2 aromatic heterocycles. The minimum Gasteiger partial charge on any atom is -0.495 e. The lowest BCUT2D eigenvalue weighted by molar-refractivity contribution is 0.0995. The number of primary amides is 1. The van der Waals surface area contributed by atoms with Crippen LogP contribution in [0.2, 0.25) is 0 Å². The zero-order valence-corrected chi connectivity index (χ0v) is 15.9. The molecule has 0 bridgehead atoms. The van der Waals surface area contributed by atoms with Gasteiger partial charge in [-0.2, -0.15) is 4.98 Å². The number of para-hydroxylation sites is 1. The number of carbonyl (C=O) groups is 1. The predicted molar refractivity (Wildman–Crippen MR) is 111 cm³/mol. The second kappa shape index (κ2) is 7.47. The van der Waals surface area contributed by atoms with E-state index in [1.165, 1.54) is 0 Å². The number of amides is 1. The van der Waals surface area contributed by atoms with Crippen molar-refractivity contribution >= 4 is 39.8 Å². The molecule has 0 radical (unpaired) electrons. The molecule has 29 heavy (non-hydrogen) atoms. The summed E-state index contributed by atoms with van der Waals surface area (Å²) in [5.74, 6) is 0.310. The van der Waals surface area contributed by atoms with Crippen molar-refractivity contribution in [2.75, 3.05) is 17.7 Å². The number of nitrogens with zero attached hydrogens (tertiary/aromatic N) is 4. The average molecular weight is 389 g/mol. The lowest BCUT2D eigenvalue weighted by Gasteiger charge is -2.12. The molecule has 0 aliphatic heterocycles. The first-order chi connectivity index (χ1) is 14.0. The molecule has 2 heterocycles. The molecule has 4 rings (SSSR count). The molecule has 0 saturated carbocycles. The summed E-state index contributed by atoms with van der Waals surface area (Å²) in [6.07, 6.45) is 4.00. The number of fused-ring (bicyclic) bond motifs is 1. The first-order valence-electron chi connectivity index (χ1n) is 8.81. The van der Waals surface area contributed by atoms with Crippen molar-refractivity contribution in [2.24, 2.45) is 12.8 Å². The highest BCUT2D eigenvalue weighted by atomic mass is 16.5. The highest BCUT2D eigenvalue weighted by Gasteiger charge is 2.16. The van der Waals surface area contributed by atoms with Crippen molar-refractivity contribution in [1.82, 2.24) is 19.7 Å². The van der Waals surface area contributed by atoms with E-state index in [1.807, 2.05) is 66.5 Å². The van der Waals surface area contributed by atoms with Crippen LogP contribution in [0.4, 0.5) is 23.1 Å². The maximum Gasteiger partial charge on any atom is 0.273 e. The lowest BCUT2D eigenvalue weighted by atomic mass is 10.2. The van der Waals surface area contributed by atoms with Crippen LogP contribution in [0.25, 0.3) is 10.8 Å². The van der Waals surface area contributed by atoms with Crippen LogP contribution in [0.3, 0.4) is 0 Å². The Morgan fingerprint density at radius 1 is 1.07 bits per heavy atom. The van der Waals surface area contributed by atoms with Crippen LogP contribution in [0, 0.1) is 0 Å². The average Bonchev–Trinajstić information content (AvgIpc) is 3.07.